The Morgan fingerprint density at radius 1 is 1.00 bits per heavy atom. The van der Waals surface area contributed by atoms with E-state index in [1.54, 1.807) is 6.26 Å². The van der Waals surface area contributed by atoms with Gasteiger partial charge in [0, 0.05) is 23.8 Å². The van der Waals surface area contributed by atoms with E-state index in [1.165, 1.54) is 0 Å². The summed E-state index contributed by atoms with van der Waals surface area (Å²) >= 11 is 0. The smallest absolute Gasteiger partial charge is 0.323 e. The van der Waals surface area contributed by atoms with Crippen LogP contribution in [0.5, 0.6) is 6.01 Å². The Morgan fingerprint density at radius 3 is 2.64 bits per heavy atom. The molecule has 1 aromatic carbocycles. The van der Waals surface area contributed by atoms with E-state index in [1.807, 2.05) is 72.4 Å². The Morgan fingerprint density at radius 2 is 1.86 bits per heavy atom. The minimum atomic E-state index is 0.253. The summed E-state index contributed by atoms with van der Waals surface area (Å²) < 4.78 is 12.8. The first-order chi connectivity index (χ1) is 13.8. The Bertz CT molecular complexity index is 1020. The summed E-state index contributed by atoms with van der Waals surface area (Å²) in [7, 11) is 0. The number of nitrogens with zero attached hydrogens (tertiary/aromatic N) is 4. The van der Waals surface area contributed by atoms with Gasteiger partial charge in [0.05, 0.1) is 19.4 Å². The summed E-state index contributed by atoms with van der Waals surface area (Å²) in [6.07, 6.45) is 5.61. The van der Waals surface area contributed by atoms with Crippen molar-refractivity contribution in [3.63, 3.8) is 0 Å². The zero-order valence-electron chi connectivity index (χ0n) is 15.4. The summed E-state index contributed by atoms with van der Waals surface area (Å²) in [5, 5.41) is 6.35. The van der Waals surface area contributed by atoms with Gasteiger partial charge in [-0.25, -0.2) is 0 Å². The Balaban J connectivity index is 1.55. The molecular formula is C20H20N6O2. The molecule has 0 bridgehead atoms. The highest BCUT2D eigenvalue weighted by Gasteiger charge is 2.09. The fourth-order valence-corrected chi connectivity index (χ4v) is 2.64. The highest BCUT2D eigenvalue weighted by molar-refractivity contribution is 5.58. The molecule has 0 amide bonds. The van der Waals surface area contributed by atoms with Crippen molar-refractivity contribution >= 4 is 17.6 Å². The van der Waals surface area contributed by atoms with Gasteiger partial charge in [-0.1, -0.05) is 6.07 Å². The van der Waals surface area contributed by atoms with Gasteiger partial charge in [0.15, 0.2) is 0 Å². The number of hydrogen-bond donors (Lipinski definition) is 2. The number of nitrogens with one attached hydrogen (secondary N) is 2. The maximum atomic E-state index is 5.47. The van der Waals surface area contributed by atoms with Gasteiger partial charge >= 0.3 is 6.01 Å². The molecule has 0 atom stereocenters. The van der Waals surface area contributed by atoms with Crippen molar-refractivity contribution in [3.05, 3.63) is 72.9 Å². The number of furan rings is 1. The largest absolute Gasteiger partial charge is 0.467 e. The molecule has 4 rings (SSSR count). The molecular weight excluding hydrogens is 356 g/mol. The average molecular weight is 376 g/mol. The van der Waals surface area contributed by atoms with Gasteiger partial charge in [0.1, 0.15) is 5.76 Å². The third-order valence-corrected chi connectivity index (χ3v) is 3.89. The van der Waals surface area contributed by atoms with Crippen LogP contribution in [-0.2, 0) is 6.54 Å². The normalized spacial score (nSPS) is 10.6. The van der Waals surface area contributed by atoms with Gasteiger partial charge in [-0.2, -0.15) is 15.0 Å². The average Bonchev–Trinajstić information content (AvgIpc) is 3.41. The summed E-state index contributed by atoms with van der Waals surface area (Å²) in [6.45, 7) is 2.81. The van der Waals surface area contributed by atoms with E-state index in [2.05, 4.69) is 25.6 Å². The van der Waals surface area contributed by atoms with E-state index in [0.29, 0.717) is 25.0 Å². The van der Waals surface area contributed by atoms with Crippen LogP contribution in [-0.4, -0.2) is 26.1 Å². The van der Waals surface area contributed by atoms with Crippen LogP contribution in [0.4, 0.5) is 17.6 Å². The van der Waals surface area contributed by atoms with Crippen LogP contribution in [0.3, 0.4) is 0 Å². The van der Waals surface area contributed by atoms with Gasteiger partial charge in [-0.15, -0.1) is 0 Å². The van der Waals surface area contributed by atoms with Gasteiger partial charge in [0.2, 0.25) is 11.9 Å². The summed E-state index contributed by atoms with van der Waals surface area (Å²) in [5.41, 5.74) is 1.89. The van der Waals surface area contributed by atoms with Crippen molar-refractivity contribution in [1.82, 2.24) is 19.5 Å². The Labute approximate surface area is 162 Å². The van der Waals surface area contributed by atoms with Crippen molar-refractivity contribution in [2.45, 2.75) is 13.5 Å². The minimum absolute atomic E-state index is 0.253. The van der Waals surface area contributed by atoms with E-state index in [0.717, 1.165) is 17.1 Å². The quantitative estimate of drug-likeness (QED) is 0.480. The number of anilines is 3. The van der Waals surface area contributed by atoms with Crippen LogP contribution in [0.15, 0.2) is 71.6 Å². The number of hydrogen-bond acceptors (Lipinski definition) is 7. The van der Waals surface area contributed by atoms with Crippen LogP contribution in [0.25, 0.3) is 5.69 Å². The maximum Gasteiger partial charge on any atom is 0.323 e. The summed E-state index contributed by atoms with van der Waals surface area (Å²) in [5.74, 6) is 1.58. The predicted molar refractivity (Wildman–Crippen MR) is 106 cm³/mol. The Hall–Kier alpha value is -3.81. The van der Waals surface area contributed by atoms with Crippen molar-refractivity contribution in [2.24, 2.45) is 0 Å². The molecule has 3 heterocycles. The van der Waals surface area contributed by atoms with E-state index in [4.69, 9.17) is 9.15 Å². The van der Waals surface area contributed by atoms with Crippen molar-refractivity contribution in [1.29, 1.82) is 0 Å². The molecule has 0 saturated heterocycles. The third-order valence-electron chi connectivity index (χ3n) is 3.89. The molecule has 0 aliphatic heterocycles. The Kier molecular flexibility index (Phi) is 5.19. The molecule has 8 heteroatoms. The monoisotopic (exact) mass is 376 g/mol. The van der Waals surface area contributed by atoms with E-state index >= 15 is 0 Å². The molecule has 3 aromatic heterocycles. The fraction of sp³-hybridized carbons (Fsp3) is 0.150. The lowest BCUT2D eigenvalue weighted by molar-refractivity contribution is 0.312. The predicted octanol–water partition coefficient (Wildman–Crippen LogP) is 4.01. The first kappa shape index (κ1) is 17.6. The SMILES string of the molecule is CCOc1nc(NCc2ccco2)nc(Nc2cccc(-n3cccc3)c2)n1. The molecule has 0 unspecified atom stereocenters. The van der Waals surface area contributed by atoms with Crippen molar-refractivity contribution in [3.8, 4) is 11.7 Å². The van der Waals surface area contributed by atoms with Gasteiger partial charge in [-0.3, -0.25) is 0 Å². The topological polar surface area (TPSA) is 90.0 Å². The summed E-state index contributed by atoms with van der Waals surface area (Å²) in [4.78, 5) is 13.0. The standard InChI is InChI=1S/C20H20N6O2/c1-2-27-20-24-18(21-14-17-9-6-12-28-17)23-19(25-20)22-15-7-5-8-16(13-15)26-10-3-4-11-26/h3-13H,2,14H2,1H3,(H2,21,22,23,24,25). The maximum absolute atomic E-state index is 5.47. The zero-order chi connectivity index (χ0) is 19.2. The molecule has 0 saturated carbocycles. The molecule has 0 aliphatic rings. The zero-order valence-corrected chi connectivity index (χ0v) is 15.4. The van der Waals surface area contributed by atoms with Crippen LogP contribution in [0.2, 0.25) is 0 Å². The molecule has 0 spiro atoms. The van der Waals surface area contributed by atoms with Crippen LogP contribution in [0.1, 0.15) is 12.7 Å². The molecule has 8 nitrogen and oxygen atoms in total. The first-order valence-corrected chi connectivity index (χ1v) is 8.96. The van der Waals surface area contributed by atoms with Crippen molar-refractivity contribution in [2.75, 3.05) is 17.2 Å². The van der Waals surface area contributed by atoms with Crippen LogP contribution >= 0.6 is 0 Å². The van der Waals surface area contributed by atoms with E-state index in [9.17, 15) is 0 Å². The second-order valence-corrected chi connectivity index (χ2v) is 5.90. The molecule has 0 fully saturated rings. The van der Waals surface area contributed by atoms with Crippen LogP contribution < -0.4 is 15.4 Å². The van der Waals surface area contributed by atoms with E-state index in [-0.39, 0.29) is 6.01 Å². The molecule has 0 aliphatic carbocycles. The minimum Gasteiger partial charge on any atom is -0.467 e. The summed E-state index contributed by atoms with van der Waals surface area (Å²) in [6, 6.07) is 15.9. The number of rotatable bonds is 8. The molecule has 142 valence electrons. The van der Waals surface area contributed by atoms with Crippen LogP contribution in [0, 0.1) is 0 Å². The van der Waals surface area contributed by atoms with Gasteiger partial charge in [0.25, 0.3) is 0 Å². The first-order valence-electron chi connectivity index (χ1n) is 8.96. The number of aromatic nitrogens is 4. The fourth-order valence-electron chi connectivity index (χ4n) is 2.64. The lowest BCUT2D eigenvalue weighted by atomic mass is 10.3. The second-order valence-electron chi connectivity index (χ2n) is 5.90. The second kappa shape index (κ2) is 8.26. The third kappa shape index (κ3) is 4.29. The van der Waals surface area contributed by atoms with Gasteiger partial charge < -0.3 is 24.4 Å². The highest BCUT2D eigenvalue weighted by Crippen LogP contribution is 2.20. The lowest BCUT2D eigenvalue weighted by Gasteiger charge is -2.11. The van der Waals surface area contributed by atoms with Gasteiger partial charge in [-0.05, 0) is 49.4 Å². The number of ether oxygens (including phenoxy) is 1. The highest BCUT2D eigenvalue weighted by atomic mass is 16.5. The molecule has 0 radical (unpaired) electrons. The van der Waals surface area contributed by atoms with Crippen molar-refractivity contribution < 1.29 is 9.15 Å². The number of benzene rings is 1. The molecule has 28 heavy (non-hydrogen) atoms. The molecule has 2 N–H and O–H groups in total. The molecule has 4 aromatic rings. The van der Waals surface area contributed by atoms with E-state index < -0.39 is 0 Å². The lowest BCUT2D eigenvalue weighted by Crippen LogP contribution is -2.09.